The summed E-state index contributed by atoms with van der Waals surface area (Å²) in [6, 6.07) is 14.6. The Balaban J connectivity index is 1.78. The van der Waals surface area contributed by atoms with Crippen LogP contribution in [0.15, 0.2) is 55.1 Å². The van der Waals surface area contributed by atoms with Crippen molar-refractivity contribution in [2.45, 2.75) is 40.2 Å². The highest BCUT2D eigenvalue weighted by Crippen LogP contribution is 2.30. The molecule has 0 saturated heterocycles. The Bertz CT molecular complexity index is 1080. The summed E-state index contributed by atoms with van der Waals surface area (Å²) < 4.78 is 11.4. The van der Waals surface area contributed by atoms with Crippen LogP contribution in [0.5, 0.6) is 17.4 Å². The van der Waals surface area contributed by atoms with Gasteiger partial charge in [0, 0.05) is 5.69 Å². The Morgan fingerprint density at radius 2 is 1.81 bits per heavy atom. The smallest absolute Gasteiger partial charge is 0.342 e. The molecule has 0 radical (unpaired) electrons. The van der Waals surface area contributed by atoms with Crippen molar-refractivity contribution in [1.29, 1.82) is 0 Å². The lowest BCUT2D eigenvalue weighted by atomic mass is 10.1. The summed E-state index contributed by atoms with van der Waals surface area (Å²) >= 11 is 0. The van der Waals surface area contributed by atoms with E-state index in [1.165, 1.54) is 0 Å². The molecule has 0 fully saturated rings. The first-order valence-electron chi connectivity index (χ1n) is 9.88. The van der Waals surface area contributed by atoms with E-state index in [4.69, 9.17) is 14.3 Å². The number of nitrogens with zero attached hydrogens (tertiary/aromatic N) is 1. The first-order chi connectivity index (χ1) is 14.6. The number of ether oxygens (including phenoxy) is 2. The lowest BCUT2D eigenvalue weighted by molar-refractivity contribution is 0.00644. The van der Waals surface area contributed by atoms with Gasteiger partial charge in [0.15, 0.2) is 5.75 Å². The quantitative estimate of drug-likeness (QED) is 0.396. The summed E-state index contributed by atoms with van der Waals surface area (Å²) in [6.45, 7) is 13.2. The van der Waals surface area contributed by atoms with Crippen molar-refractivity contribution in [3.63, 3.8) is 0 Å². The van der Waals surface area contributed by atoms with Gasteiger partial charge >= 0.3 is 5.97 Å². The van der Waals surface area contributed by atoms with Crippen LogP contribution < -0.4 is 15.1 Å². The lowest BCUT2D eigenvalue weighted by Gasteiger charge is -2.21. The highest BCUT2D eigenvalue weighted by Gasteiger charge is 2.22. The van der Waals surface area contributed by atoms with Crippen molar-refractivity contribution < 1.29 is 19.1 Å². The zero-order chi connectivity index (χ0) is 22.6. The molecule has 0 atom stereocenters. The molecule has 31 heavy (non-hydrogen) atoms. The SMILES string of the molecule is C=C(NOc1cc(C)ccc1C(=O)OC(C)(C)C)c1c(Oc2ccccc2)n[nH]c1C. The van der Waals surface area contributed by atoms with Crippen LogP contribution in [0.1, 0.15) is 48.0 Å². The molecular formula is C24H27N3O4. The first kappa shape index (κ1) is 22.0. The van der Waals surface area contributed by atoms with Crippen LogP contribution in [0, 0.1) is 13.8 Å². The number of nitrogens with one attached hydrogen (secondary N) is 2. The van der Waals surface area contributed by atoms with Gasteiger partial charge in [0.25, 0.3) is 0 Å². The maximum atomic E-state index is 12.6. The number of hydroxylamine groups is 1. The lowest BCUT2D eigenvalue weighted by Crippen LogP contribution is -2.25. The molecule has 3 rings (SSSR count). The molecule has 0 bridgehead atoms. The first-order valence-corrected chi connectivity index (χ1v) is 9.88. The van der Waals surface area contributed by atoms with Crippen LogP contribution >= 0.6 is 0 Å². The Morgan fingerprint density at radius 1 is 1.10 bits per heavy atom. The topological polar surface area (TPSA) is 85.5 Å². The average Bonchev–Trinajstić information content (AvgIpc) is 3.05. The number of aromatic amines is 1. The fourth-order valence-corrected chi connectivity index (χ4v) is 2.82. The molecule has 1 heterocycles. The maximum Gasteiger partial charge on any atom is 0.342 e. The molecule has 0 amide bonds. The molecule has 0 unspecified atom stereocenters. The number of benzene rings is 2. The maximum absolute atomic E-state index is 12.6. The normalized spacial score (nSPS) is 11.0. The van der Waals surface area contributed by atoms with Gasteiger partial charge in [-0.25, -0.2) is 10.3 Å². The molecule has 0 aliphatic heterocycles. The predicted molar refractivity (Wildman–Crippen MR) is 119 cm³/mol. The summed E-state index contributed by atoms with van der Waals surface area (Å²) in [6.07, 6.45) is 0. The second kappa shape index (κ2) is 8.95. The van der Waals surface area contributed by atoms with E-state index < -0.39 is 11.6 Å². The zero-order valence-corrected chi connectivity index (χ0v) is 18.4. The molecule has 7 nitrogen and oxygen atoms in total. The van der Waals surface area contributed by atoms with E-state index in [0.29, 0.717) is 34.2 Å². The largest absolute Gasteiger partial charge is 0.456 e. The Morgan fingerprint density at radius 3 is 2.48 bits per heavy atom. The van der Waals surface area contributed by atoms with Crippen LogP contribution in [-0.2, 0) is 4.74 Å². The number of hydrogen-bond acceptors (Lipinski definition) is 6. The average molecular weight is 421 g/mol. The van der Waals surface area contributed by atoms with Gasteiger partial charge in [-0.15, -0.1) is 5.10 Å². The molecule has 0 aliphatic carbocycles. The minimum atomic E-state index is -0.617. The zero-order valence-electron chi connectivity index (χ0n) is 18.4. The molecule has 0 saturated carbocycles. The van der Waals surface area contributed by atoms with E-state index in [1.807, 2.05) is 71.0 Å². The molecule has 162 valence electrons. The Kier molecular flexibility index (Phi) is 6.34. The Hall–Kier alpha value is -3.74. The van der Waals surface area contributed by atoms with Crippen molar-refractivity contribution in [2.75, 3.05) is 0 Å². The summed E-state index contributed by atoms with van der Waals surface area (Å²) in [4.78, 5) is 18.3. The van der Waals surface area contributed by atoms with Gasteiger partial charge in [-0.05, 0) is 64.4 Å². The number of esters is 1. The van der Waals surface area contributed by atoms with E-state index in [9.17, 15) is 4.79 Å². The molecule has 7 heteroatoms. The van der Waals surface area contributed by atoms with E-state index in [2.05, 4.69) is 22.3 Å². The van der Waals surface area contributed by atoms with Crippen molar-refractivity contribution in [1.82, 2.24) is 15.7 Å². The predicted octanol–water partition coefficient (Wildman–Crippen LogP) is 5.33. The number of hydrogen-bond donors (Lipinski definition) is 2. The van der Waals surface area contributed by atoms with Crippen molar-refractivity contribution in [3.8, 4) is 17.4 Å². The monoisotopic (exact) mass is 421 g/mol. The third-order valence-electron chi connectivity index (χ3n) is 4.21. The second-order valence-corrected chi connectivity index (χ2v) is 8.13. The fourth-order valence-electron chi connectivity index (χ4n) is 2.82. The Labute approximate surface area is 182 Å². The molecule has 0 spiro atoms. The van der Waals surface area contributed by atoms with E-state index in [-0.39, 0.29) is 0 Å². The van der Waals surface area contributed by atoms with Crippen molar-refractivity contribution in [2.24, 2.45) is 0 Å². The third kappa shape index (κ3) is 5.66. The second-order valence-electron chi connectivity index (χ2n) is 8.13. The van der Waals surface area contributed by atoms with Gasteiger partial charge in [0.05, 0.1) is 11.3 Å². The highest BCUT2D eigenvalue weighted by atomic mass is 16.6. The summed E-state index contributed by atoms with van der Waals surface area (Å²) in [5, 5.41) is 7.11. The van der Waals surface area contributed by atoms with Crippen LogP contribution in [-0.4, -0.2) is 21.8 Å². The number of aromatic nitrogens is 2. The highest BCUT2D eigenvalue weighted by molar-refractivity contribution is 5.93. The van der Waals surface area contributed by atoms with E-state index >= 15 is 0 Å². The summed E-state index contributed by atoms with van der Waals surface area (Å²) in [5.41, 5.74) is 5.25. The summed E-state index contributed by atoms with van der Waals surface area (Å²) in [7, 11) is 0. The number of H-pyrrole nitrogens is 1. The molecule has 0 aliphatic rings. The third-order valence-corrected chi connectivity index (χ3v) is 4.21. The van der Waals surface area contributed by atoms with Gasteiger partial charge < -0.3 is 14.3 Å². The van der Waals surface area contributed by atoms with Crippen LogP contribution in [0.25, 0.3) is 5.70 Å². The van der Waals surface area contributed by atoms with Gasteiger partial charge in [-0.3, -0.25) is 5.10 Å². The molecular weight excluding hydrogens is 394 g/mol. The molecule has 3 aromatic rings. The van der Waals surface area contributed by atoms with Gasteiger partial charge in [0.2, 0.25) is 5.88 Å². The van der Waals surface area contributed by atoms with Crippen LogP contribution in [0.2, 0.25) is 0 Å². The number of carbonyl (C=O) groups is 1. The van der Waals surface area contributed by atoms with Crippen molar-refractivity contribution in [3.05, 3.63) is 77.5 Å². The standard InChI is InChI=1S/C24H27N3O4/c1-15-12-13-19(23(28)30-24(4,5)6)20(14-15)31-27-17(3)21-16(2)25-26-22(21)29-18-10-8-7-9-11-18/h7-14,27H,3H2,1-2,4-6H3,(H,25,26). The van der Waals surface area contributed by atoms with Crippen LogP contribution in [0.4, 0.5) is 0 Å². The number of carbonyl (C=O) groups excluding carboxylic acids is 1. The molecule has 2 aromatic carbocycles. The number of para-hydroxylation sites is 1. The number of aryl methyl sites for hydroxylation is 2. The van der Waals surface area contributed by atoms with Gasteiger partial charge in [-0.1, -0.05) is 30.8 Å². The molecule has 2 N–H and O–H groups in total. The van der Waals surface area contributed by atoms with E-state index in [0.717, 1.165) is 11.3 Å². The van der Waals surface area contributed by atoms with E-state index in [1.54, 1.807) is 12.1 Å². The fraction of sp³-hybridized carbons (Fsp3) is 0.250. The summed E-state index contributed by atoms with van der Waals surface area (Å²) in [5.74, 6) is 0.876. The molecule has 1 aromatic heterocycles. The van der Waals surface area contributed by atoms with Gasteiger partial charge in [0.1, 0.15) is 16.9 Å². The van der Waals surface area contributed by atoms with Gasteiger partial charge in [-0.2, -0.15) is 0 Å². The minimum Gasteiger partial charge on any atom is -0.456 e. The minimum absolute atomic E-state index is 0.311. The number of rotatable bonds is 7. The van der Waals surface area contributed by atoms with Crippen LogP contribution in [0.3, 0.4) is 0 Å². The van der Waals surface area contributed by atoms with Crippen molar-refractivity contribution >= 4 is 11.7 Å².